The maximum atomic E-state index is 14.4. The predicted molar refractivity (Wildman–Crippen MR) is 149 cm³/mol. The van der Waals surface area contributed by atoms with Crippen molar-refractivity contribution >= 4 is 20.2 Å². The Kier molecular flexibility index (Phi) is 7.57. The van der Waals surface area contributed by atoms with Crippen molar-refractivity contribution in [1.82, 2.24) is 0 Å². The highest BCUT2D eigenvalue weighted by atomic mass is 32.2. The molecule has 4 aliphatic carbocycles. The van der Waals surface area contributed by atoms with Crippen molar-refractivity contribution < 1.29 is 25.6 Å². The second-order valence-corrected chi connectivity index (χ2v) is 15.0. The molecule has 0 radical (unpaired) electrons. The summed E-state index contributed by atoms with van der Waals surface area (Å²) in [7, 11) is -8.86. The second kappa shape index (κ2) is 10.8. The van der Waals surface area contributed by atoms with E-state index in [2.05, 4.69) is 12.1 Å². The third kappa shape index (κ3) is 5.41. The summed E-state index contributed by atoms with van der Waals surface area (Å²) in [5.74, 6) is 1.09. The third-order valence-electron chi connectivity index (χ3n) is 9.75. The Morgan fingerprint density at radius 1 is 0.641 bits per heavy atom. The summed E-state index contributed by atoms with van der Waals surface area (Å²) in [6.45, 7) is 0. The molecule has 3 fully saturated rings. The first kappa shape index (κ1) is 27.3. The summed E-state index contributed by atoms with van der Waals surface area (Å²) in [4.78, 5) is 0.120. The number of hydrogen-bond donors (Lipinski definition) is 0. The first-order chi connectivity index (χ1) is 18.7. The highest BCUT2D eigenvalue weighted by molar-refractivity contribution is 7.87. The molecule has 2 aromatic carbocycles. The molecule has 0 N–H and O–H groups in total. The van der Waals surface area contributed by atoms with Crippen LogP contribution in [0.5, 0.6) is 5.75 Å². The van der Waals surface area contributed by atoms with Crippen LogP contribution in [0.3, 0.4) is 0 Å². The Morgan fingerprint density at radius 3 is 1.64 bits per heavy atom. The minimum atomic E-state index is -4.66. The van der Waals surface area contributed by atoms with Crippen LogP contribution in [0, 0.1) is 0 Å². The van der Waals surface area contributed by atoms with Crippen molar-refractivity contribution in [1.29, 1.82) is 0 Å². The van der Waals surface area contributed by atoms with Gasteiger partial charge in [0.25, 0.3) is 0 Å². The van der Waals surface area contributed by atoms with Crippen LogP contribution in [0.4, 0.5) is 0 Å². The summed E-state index contributed by atoms with van der Waals surface area (Å²) >= 11 is 0. The van der Waals surface area contributed by atoms with Gasteiger partial charge in [-0.05, 0) is 116 Å². The molecule has 0 unspecified atom stereocenters. The van der Waals surface area contributed by atoms with Gasteiger partial charge in [0.15, 0.2) is 0 Å². The lowest BCUT2D eigenvalue weighted by Crippen LogP contribution is -2.20. The molecule has 4 aliphatic rings. The molecule has 6 nitrogen and oxygen atoms in total. The Bertz CT molecular complexity index is 1410. The van der Waals surface area contributed by atoms with Crippen LogP contribution in [0.25, 0.3) is 0 Å². The minimum Gasteiger partial charge on any atom is -0.744 e. The largest absolute Gasteiger partial charge is 0.744 e. The second-order valence-electron chi connectivity index (χ2n) is 12.2. The fourth-order valence-corrected chi connectivity index (χ4v) is 10.1. The average Bonchev–Trinajstić information content (AvgIpc) is 3.70. The molecule has 3 saturated carbocycles. The van der Waals surface area contributed by atoms with E-state index in [1.54, 1.807) is 0 Å². The van der Waals surface area contributed by atoms with Gasteiger partial charge in [-0.15, -0.1) is 0 Å². The molecule has 0 aromatic heterocycles. The predicted octanol–water partition coefficient (Wildman–Crippen LogP) is 7.21. The van der Waals surface area contributed by atoms with Gasteiger partial charge in [-0.25, -0.2) is 8.42 Å². The SMILES string of the molecule is O=S(=O)([O-])c1ccc(OS(=O)(=O)c2c(C3CCCC3)cc(C3CCCC3)cc2C2CCCC2)c2c1CCCC2. The highest BCUT2D eigenvalue weighted by Gasteiger charge is 2.36. The topological polar surface area (TPSA) is 101 Å². The van der Waals surface area contributed by atoms with Crippen molar-refractivity contribution in [3.05, 3.63) is 52.1 Å². The van der Waals surface area contributed by atoms with Crippen LogP contribution in [0.1, 0.15) is 135 Å². The lowest BCUT2D eigenvalue weighted by Gasteiger charge is -2.27. The molecule has 0 atom stereocenters. The molecule has 0 heterocycles. The quantitative estimate of drug-likeness (QED) is 0.257. The number of rotatable bonds is 7. The van der Waals surface area contributed by atoms with Gasteiger partial charge in [-0.1, -0.05) is 50.7 Å². The molecule has 0 aliphatic heterocycles. The van der Waals surface area contributed by atoms with E-state index in [-0.39, 0.29) is 22.5 Å². The van der Waals surface area contributed by atoms with Crippen LogP contribution in [0.2, 0.25) is 0 Å². The molecule has 0 saturated heterocycles. The number of fused-ring (bicyclic) bond motifs is 1. The standard InChI is InChI=1S/C31H40O6S2/c32-38(33,34)30-18-17-29(25-15-7-8-16-26(25)30)37-39(35,36)31-27(22-11-3-4-12-22)19-24(21-9-1-2-10-21)20-28(31)23-13-5-6-14-23/h17-23H,1-16H2,(H,32,33,34)/p-1. The van der Waals surface area contributed by atoms with Crippen molar-refractivity contribution in [2.24, 2.45) is 0 Å². The maximum Gasteiger partial charge on any atom is 0.339 e. The van der Waals surface area contributed by atoms with Crippen LogP contribution in [-0.4, -0.2) is 21.4 Å². The van der Waals surface area contributed by atoms with E-state index in [1.165, 1.54) is 30.5 Å². The molecular formula is C31H39O6S2-. The molecule has 0 spiro atoms. The van der Waals surface area contributed by atoms with Crippen molar-refractivity contribution in [2.75, 3.05) is 0 Å². The fourth-order valence-electron chi connectivity index (χ4n) is 7.84. The fraction of sp³-hybridized carbons (Fsp3) is 0.613. The summed E-state index contributed by atoms with van der Waals surface area (Å²) < 4.78 is 70.5. The van der Waals surface area contributed by atoms with Crippen LogP contribution in [-0.2, 0) is 33.1 Å². The van der Waals surface area contributed by atoms with Crippen molar-refractivity contribution in [2.45, 2.75) is 130 Å². The molecule has 0 bridgehead atoms. The van der Waals surface area contributed by atoms with Gasteiger partial charge in [-0.2, -0.15) is 8.42 Å². The summed E-state index contributed by atoms with van der Waals surface area (Å²) in [6.07, 6.45) is 15.7. The molecule has 8 heteroatoms. The van der Waals surface area contributed by atoms with Gasteiger partial charge >= 0.3 is 10.1 Å². The zero-order valence-electron chi connectivity index (χ0n) is 22.6. The van der Waals surface area contributed by atoms with E-state index < -0.39 is 20.2 Å². The van der Waals surface area contributed by atoms with Crippen molar-refractivity contribution in [3.63, 3.8) is 0 Å². The van der Waals surface area contributed by atoms with Crippen LogP contribution < -0.4 is 4.18 Å². The summed E-state index contributed by atoms with van der Waals surface area (Å²) in [6, 6.07) is 7.01. The summed E-state index contributed by atoms with van der Waals surface area (Å²) in [5, 5.41) is 0. The zero-order valence-corrected chi connectivity index (χ0v) is 24.3. The van der Waals surface area contributed by atoms with Gasteiger partial charge in [0.1, 0.15) is 20.8 Å². The molecule has 6 rings (SSSR count). The highest BCUT2D eigenvalue weighted by Crippen LogP contribution is 2.47. The number of hydrogen-bond acceptors (Lipinski definition) is 6. The van der Waals surface area contributed by atoms with E-state index in [0.29, 0.717) is 34.8 Å². The number of benzene rings is 2. The van der Waals surface area contributed by atoms with E-state index in [9.17, 15) is 21.4 Å². The molecule has 2 aromatic rings. The first-order valence-electron chi connectivity index (χ1n) is 15.0. The van der Waals surface area contributed by atoms with Gasteiger partial charge < -0.3 is 8.74 Å². The Balaban J connectivity index is 1.49. The molecule has 212 valence electrons. The van der Waals surface area contributed by atoms with Crippen LogP contribution >= 0.6 is 0 Å². The lowest BCUT2D eigenvalue weighted by molar-refractivity contribution is 0.459. The summed E-state index contributed by atoms with van der Waals surface area (Å²) in [5.41, 5.74) is 4.15. The lowest BCUT2D eigenvalue weighted by atomic mass is 9.85. The minimum absolute atomic E-state index is 0.173. The molecule has 39 heavy (non-hydrogen) atoms. The van der Waals surface area contributed by atoms with E-state index in [0.717, 1.165) is 88.2 Å². The monoisotopic (exact) mass is 571 g/mol. The van der Waals surface area contributed by atoms with Crippen LogP contribution in [0.15, 0.2) is 34.1 Å². The Labute approximate surface area is 233 Å². The third-order valence-corrected chi connectivity index (χ3v) is 12.0. The van der Waals surface area contributed by atoms with Gasteiger partial charge in [0, 0.05) is 5.56 Å². The smallest absolute Gasteiger partial charge is 0.339 e. The Hall–Kier alpha value is -1.90. The normalized spacial score (nSPS) is 21.5. The first-order valence-corrected chi connectivity index (χ1v) is 17.8. The van der Waals surface area contributed by atoms with E-state index in [1.807, 2.05) is 0 Å². The maximum absolute atomic E-state index is 14.4. The molecular weight excluding hydrogens is 532 g/mol. The van der Waals surface area contributed by atoms with Crippen molar-refractivity contribution in [3.8, 4) is 5.75 Å². The van der Waals surface area contributed by atoms with Gasteiger partial charge in [0.2, 0.25) is 0 Å². The zero-order chi connectivity index (χ0) is 27.2. The molecule has 0 amide bonds. The van der Waals surface area contributed by atoms with E-state index >= 15 is 0 Å². The average molecular weight is 572 g/mol. The van der Waals surface area contributed by atoms with Gasteiger partial charge in [0.05, 0.1) is 4.90 Å². The van der Waals surface area contributed by atoms with Gasteiger partial charge in [-0.3, -0.25) is 0 Å². The Morgan fingerprint density at radius 2 is 1.13 bits per heavy atom. The van der Waals surface area contributed by atoms with E-state index in [4.69, 9.17) is 4.18 Å².